The highest BCUT2D eigenvalue weighted by molar-refractivity contribution is 5.97. The molecule has 104 valence electrons. The third-order valence-corrected chi connectivity index (χ3v) is 3.61. The number of ketones is 1. The Morgan fingerprint density at radius 3 is 2.68 bits per heavy atom. The second kappa shape index (κ2) is 6.04. The van der Waals surface area contributed by atoms with Crippen LogP contribution < -0.4 is 5.32 Å². The van der Waals surface area contributed by atoms with E-state index in [4.69, 9.17) is 0 Å². The van der Waals surface area contributed by atoms with Gasteiger partial charge in [0.15, 0.2) is 5.78 Å². The van der Waals surface area contributed by atoms with Gasteiger partial charge in [0.2, 0.25) is 5.91 Å². The molecule has 0 aliphatic heterocycles. The van der Waals surface area contributed by atoms with E-state index >= 15 is 0 Å². The van der Waals surface area contributed by atoms with Crippen LogP contribution in [0.25, 0.3) is 0 Å². The molecule has 0 unspecified atom stereocenters. The van der Waals surface area contributed by atoms with Crippen molar-refractivity contribution < 1.29 is 9.59 Å². The first kappa shape index (κ1) is 13.8. The largest absolute Gasteiger partial charge is 0.352 e. The maximum atomic E-state index is 11.9. The molecule has 0 atom stereocenters. The first-order valence-corrected chi connectivity index (χ1v) is 7.05. The van der Waals surface area contributed by atoms with Gasteiger partial charge in [-0.25, -0.2) is 0 Å². The summed E-state index contributed by atoms with van der Waals surface area (Å²) in [4.78, 5) is 23.7. The van der Waals surface area contributed by atoms with Crippen LogP contribution in [0.15, 0.2) is 18.5 Å². The molecule has 1 heterocycles. The zero-order chi connectivity index (χ0) is 13.8. The van der Waals surface area contributed by atoms with Crippen molar-refractivity contribution in [2.24, 2.45) is 5.92 Å². The molecule has 0 bridgehead atoms. The van der Waals surface area contributed by atoms with Crippen LogP contribution in [0.4, 0.5) is 0 Å². The highest BCUT2D eigenvalue weighted by atomic mass is 16.2. The smallest absolute Gasteiger partial charge is 0.240 e. The van der Waals surface area contributed by atoms with Gasteiger partial charge in [0.05, 0.1) is 0 Å². The van der Waals surface area contributed by atoms with E-state index in [1.807, 2.05) is 13.8 Å². The first-order valence-electron chi connectivity index (χ1n) is 7.05. The molecule has 2 rings (SSSR count). The zero-order valence-corrected chi connectivity index (χ0v) is 11.7. The molecule has 1 aromatic rings. The number of aromatic nitrogens is 1. The monoisotopic (exact) mass is 262 g/mol. The van der Waals surface area contributed by atoms with Crippen molar-refractivity contribution in [2.45, 2.75) is 52.1 Å². The summed E-state index contributed by atoms with van der Waals surface area (Å²) in [7, 11) is 0. The number of nitrogens with one attached hydrogen (secondary N) is 1. The van der Waals surface area contributed by atoms with Crippen molar-refractivity contribution in [2.75, 3.05) is 0 Å². The SMILES string of the molecule is CC(C)C(=O)c1ccn(CC(=O)NC2CCCC2)c1. The lowest BCUT2D eigenvalue weighted by Crippen LogP contribution is -2.34. The Morgan fingerprint density at radius 2 is 2.05 bits per heavy atom. The first-order chi connectivity index (χ1) is 9.06. The molecule has 0 radical (unpaired) electrons. The van der Waals surface area contributed by atoms with Crippen molar-refractivity contribution >= 4 is 11.7 Å². The Labute approximate surface area is 114 Å². The maximum absolute atomic E-state index is 11.9. The summed E-state index contributed by atoms with van der Waals surface area (Å²) in [5.41, 5.74) is 0.684. The van der Waals surface area contributed by atoms with Crippen molar-refractivity contribution in [1.82, 2.24) is 9.88 Å². The summed E-state index contributed by atoms with van der Waals surface area (Å²) in [6, 6.07) is 2.13. The molecule has 1 aliphatic rings. The predicted octanol–water partition coefficient (Wildman–Crippen LogP) is 2.39. The molecular formula is C15H22N2O2. The molecule has 0 saturated heterocycles. The minimum Gasteiger partial charge on any atom is -0.352 e. The number of carbonyl (C=O) groups is 2. The van der Waals surface area contributed by atoms with Gasteiger partial charge in [-0.1, -0.05) is 26.7 Å². The Kier molecular flexibility index (Phi) is 4.40. The fourth-order valence-corrected chi connectivity index (χ4v) is 2.53. The minimum atomic E-state index is -0.0110. The number of nitrogens with zero attached hydrogens (tertiary/aromatic N) is 1. The standard InChI is InChI=1S/C15H22N2O2/c1-11(2)15(19)12-7-8-17(9-12)10-14(18)16-13-5-3-4-6-13/h7-9,11,13H,3-6,10H2,1-2H3,(H,16,18). The lowest BCUT2D eigenvalue weighted by atomic mass is 10.0. The van der Waals surface area contributed by atoms with Crippen molar-refractivity contribution in [3.05, 3.63) is 24.0 Å². The van der Waals surface area contributed by atoms with Gasteiger partial charge in [-0.05, 0) is 18.9 Å². The average Bonchev–Trinajstić information content (AvgIpc) is 2.99. The number of hydrogen-bond donors (Lipinski definition) is 1. The molecule has 1 N–H and O–H groups in total. The highest BCUT2D eigenvalue weighted by Crippen LogP contribution is 2.17. The lowest BCUT2D eigenvalue weighted by Gasteiger charge is -2.12. The molecule has 4 nitrogen and oxygen atoms in total. The van der Waals surface area contributed by atoms with Crippen LogP contribution >= 0.6 is 0 Å². The summed E-state index contributed by atoms with van der Waals surface area (Å²) >= 11 is 0. The van der Waals surface area contributed by atoms with Crippen LogP contribution in [0.1, 0.15) is 49.9 Å². The summed E-state index contributed by atoms with van der Waals surface area (Å²) in [5.74, 6) is 0.143. The van der Waals surface area contributed by atoms with E-state index in [-0.39, 0.29) is 17.6 Å². The summed E-state index contributed by atoms with van der Waals surface area (Å²) in [6.07, 6.45) is 8.16. The molecule has 0 aromatic carbocycles. The molecule has 1 amide bonds. The number of rotatable bonds is 5. The topological polar surface area (TPSA) is 51.1 Å². The van der Waals surface area contributed by atoms with E-state index in [1.54, 1.807) is 23.0 Å². The van der Waals surface area contributed by atoms with Crippen LogP contribution in [0.2, 0.25) is 0 Å². The Balaban J connectivity index is 1.88. The second-order valence-corrected chi connectivity index (χ2v) is 5.64. The summed E-state index contributed by atoms with van der Waals surface area (Å²) in [5, 5.41) is 3.04. The van der Waals surface area contributed by atoms with Crippen LogP contribution in [-0.4, -0.2) is 22.3 Å². The second-order valence-electron chi connectivity index (χ2n) is 5.64. The minimum absolute atomic E-state index is 0.0110. The zero-order valence-electron chi connectivity index (χ0n) is 11.7. The fourth-order valence-electron chi connectivity index (χ4n) is 2.53. The van der Waals surface area contributed by atoms with Gasteiger partial charge in [-0.3, -0.25) is 9.59 Å². The molecule has 0 spiro atoms. The molecule has 19 heavy (non-hydrogen) atoms. The van der Waals surface area contributed by atoms with Gasteiger partial charge in [-0.2, -0.15) is 0 Å². The number of Topliss-reactive ketones (excluding diaryl/α,β-unsaturated/α-hetero) is 1. The lowest BCUT2D eigenvalue weighted by molar-refractivity contribution is -0.122. The molecule has 1 aliphatic carbocycles. The van der Waals surface area contributed by atoms with Crippen LogP contribution in [0.3, 0.4) is 0 Å². The van der Waals surface area contributed by atoms with E-state index in [0.717, 1.165) is 12.8 Å². The van der Waals surface area contributed by atoms with Crippen LogP contribution in [-0.2, 0) is 11.3 Å². The van der Waals surface area contributed by atoms with Crippen molar-refractivity contribution in [3.63, 3.8) is 0 Å². The van der Waals surface area contributed by atoms with Gasteiger partial charge in [-0.15, -0.1) is 0 Å². The van der Waals surface area contributed by atoms with E-state index in [9.17, 15) is 9.59 Å². The van der Waals surface area contributed by atoms with Gasteiger partial charge >= 0.3 is 0 Å². The van der Waals surface area contributed by atoms with Gasteiger partial charge < -0.3 is 9.88 Å². The fraction of sp³-hybridized carbons (Fsp3) is 0.600. The molecule has 1 aromatic heterocycles. The van der Waals surface area contributed by atoms with E-state index in [0.29, 0.717) is 18.2 Å². The van der Waals surface area contributed by atoms with Crippen molar-refractivity contribution in [3.8, 4) is 0 Å². The molecule has 1 saturated carbocycles. The number of amides is 1. The van der Waals surface area contributed by atoms with Gasteiger partial charge in [0, 0.05) is 29.9 Å². The Bertz CT molecular complexity index is 456. The number of carbonyl (C=O) groups excluding carboxylic acids is 2. The summed E-state index contributed by atoms with van der Waals surface area (Å²) in [6.45, 7) is 4.06. The van der Waals surface area contributed by atoms with E-state index in [1.165, 1.54) is 12.8 Å². The van der Waals surface area contributed by atoms with E-state index < -0.39 is 0 Å². The normalized spacial score (nSPS) is 15.9. The third kappa shape index (κ3) is 3.69. The molecule has 1 fully saturated rings. The van der Waals surface area contributed by atoms with Gasteiger partial charge in [0.1, 0.15) is 6.54 Å². The molecular weight excluding hydrogens is 240 g/mol. The quantitative estimate of drug-likeness (QED) is 0.828. The average molecular weight is 262 g/mol. The van der Waals surface area contributed by atoms with Crippen molar-refractivity contribution in [1.29, 1.82) is 0 Å². The number of hydrogen-bond acceptors (Lipinski definition) is 2. The van der Waals surface area contributed by atoms with Crippen LogP contribution in [0.5, 0.6) is 0 Å². The maximum Gasteiger partial charge on any atom is 0.240 e. The third-order valence-electron chi connectivity index (χ3n) is 3.61. The Hall–Kier alpha value is -1.58. The predicted molar refractivity (Wildman–Crippen MR) is 74.0 cm³/mol. The van der Waals surface area contributed by atoms with E-state index in [2.05, 4.69) is 5.32 Å². The Morgan fingerprint density at radius 1 is 1.37 bits per heavy atom. The molecule has 4 heteroatoms. The van der Waals surface area contributed by atoms with Gasteiger partial charge in [0.25, 0.3) is 0 Å². The highest BCUT2D eigenvalue weighted by Gasteiger charge is 2.17. The summed E-state index contributed by atoms with van der Waals surface area (Å²) < 4.78 is 1.78. The van der Waals surface area contributed by atoms with Crippen LogP contribution in [0, 0.1) is 5.92 Å².